The van der Waals surface area contributed by atoms with E-state index in [9.17, 15) is 0 Å². The molecule has 0 aromatic rings. The molecule has 0 saturated heterocycles. The molecule has 0 fully saturated rings. The monoisotopic (exact) mass is 316 g/mol. The fourth-order valence-electron chi connectivity index (χ4n) is 0.767. The SMILES string of the molecule is CC1C=CC=C1.COP(OC)OC.[C-]#[O+].[C-]#[O+].[Fe]. The van der Waals surface area contributed by atoms with Crippen LogP contribution in [0.15, 0.2) is 24.3 Å². The van der Waals surface area contributed by atoms with Gasteiger partial charge in [-0.2, -0.15) is 0 Å². The largest absolute Gasteiger partial charge is 0 e. The summed E-state index contributed by atoms with van der Waals surface area (Å²) < 4.78 is 29.0. The van der Waals surface area contributed by atoms with Crippen LogP contribution in [0, 0.1) is 19.2 Å². The molecule has 1 aliphatic rings. The second kappa shape index (κ2) is 25.6. The van der Waals surface area contributed by atoms with Crippen molar-refractivity contribution < 1.29 is 39.9 Å². The van der Waals surface area contributed by atoms with Gasteiger partial charge >= 0.3 is 31.2 Å². The van der Waals surface area contributed by atoms with Crippen LogP contribution >= 0.6 is 8.60 Å². The second-order valence-electron chi connectivity index (χ2n) is 2.40. The zero-order valence-electron chi connectivity index (χ0n) is 10.7. The van der Waals surface area contributed by atoms with Gasteiger partial charge in [-0.25, -0.2) is 0 Å². The summed E-state index contributed by atoms with van der Waals surface area (Å²) in [5.74, 6) is 0.685. The summed E-state index contributed by atoms with van der Waals surface area (Å²) in [5, 5.41) is 0. The van der Waals surface area contributed by atoms with Crippen LogP contribution < -0.4 is 0 Å². The van der Waals surface area contributed by atoms with Gasteiger partial charge in [0.1, 0.15) is 0 Å². The van der Waals surface area contributed by atoms with Gasteiger partial charge in [-0.1, -0.05) is 31.2 Å². The zero-order valence-corrected chi connectivity index (χ0v) is 12.7. The third kappa shape index (κ3) is 21.1. The summed E-state index contributed by atoms with van der Waals surface area (Å²) in [5.41, 5.74) is 0. The van der Waals surface area contributed by atoms with Crippen LogP contribution in [0.25, 0.3) is 0 Å². The van der Waals surface area contributed by atoms with E-state index >= 15 is 0 Å². The van der Waals surface area contributed by atoms with Gasteiger partial charge in [0.05, 0.1) is 0 Å². The minimum absolute atomic E-state index is 0. The Balaban J connectivity index is -0.0000000819. The average molecular weight is 316 g/mol. The smallest absolute Gasteiger partial charge is 0 e. The number of allylic oxidation sites excluding steroid dienone is 4. The van der Waals surface area contributed by atoms with E-state index in [-0.39, 0.29) is 17.1 Å². The molecule has 5 nitrogen and oxygen atoms in total. The van der Waals surface area contributed by atoms with Crippen molar-refractivity contribution in [1.29, 1.82) is 0 Å². The Morgan fingerprint density at radius 1 is 0.889 bits per heavy atom. The molecule has 0 radical (unpaired) electrons. The second-order valence-corrected chi connectivity index (χ2v) is 3.94. The van der Waals surface area contributed by atoms with Gasteiger partial charge in [0, 0.05) is 38.4 Å². The van der Waals surface area contributed by atoms with E-state index in [2.05, 4.69) is 58.1 Å². The van der Waals surface area contributed by atoms with Crippen LogP contribution in [0.2, 0.25) is 0 Å². The molecule has 0 aliphatic heterocycles. The molecule has 18 heavy (non-hydrogen) atoms. The van der Waals surface area contributed by atoms with E-state index in [0.29, 0.717) is 5.92 Å². The third-order valence-electron chi connectivity index (χ3n) is 1.39. The molecule has 0 heterocycles. The topological polar surface area (TPSA) is 67.5 Å². The summed E-state index contributed by atoms with van der Waals surface area (Å²) in [6, 6.07) is 0. The Hall–Kier alpha value is -0.211. The predicted octanol–water partition coefficient (Wildman–Crippen LogP) is 2.82. The molecular formula is C11H17FeO5P. The summed E-state index contributed by atoms with van der Waals surface area (Å²) in [6.45, 7) is 11.2. The molecule has 0 aromatic heterocycles. The van der Waals surface area contributed by atoms with Gasteiger partial charge in [0.15, 0.2) is 0 Å². The molecule has 0 atom stereocenters. The van der Waals surface area contributed by atoms with E-state index < -0.39 is 8.60 Å². The van der Waals surface area contributed by atoms with Gasteiger partial charge in [-0.15, -0.1) is 0 Å². The van der Waals surface area contributed by atoms with Crippen molar-refractivity contribution in [1.82, 2.24) is 0 Å². The van der Waals surface area contributed by atoms with Crippen LogP contribution in [0.5, 0.6) is 0 Å². The number of rotatable bonds is 3. The molecular weight excluding hydrogens is 299 g/mol. The molecule has 1 rings (SSSR count). The summed E-state index contributed by atoms with van der Waals surface area (Å²) >= 11 is 0. The van der Waals surface area contributed by atoms with Gasteiger partial charge < -0.3 is 13.6 Å². The van der Waals surface area contributed by atoms with Crippen molar-refractivity contribution in [3.63, 3.8) is 0 Å². The summed E-state index contributed by atoms with van der Waals surface area (Å²) in [6.07, 6.45) is 8.48. The number of hydrogen-bond acceptors (Lipinski definition) is 3. The minimum atomic E-state index is -1.05. The molecule has 7 heteroatoms. The Morgan fingerprint density at radius 3 is 1.22 bits per heavy atom. The van der Waals surface area contributed by atoms with E-state index in [1.54, 1.807) is 21.3 Å². The third-order valence-corrected chi connectivity index (χ3v) is 2.28. The fourth-order valence-corrected chi connectivity index (χ4v) is 1.21. The first-order chi connectivity index (χ1) is 8.24. The molecule has 1 aliphatic carbocycles. The molecule has 0 spiro atoms. The van der Waals surface area contributed by atoms with Crippen molar-refractivity contribution in [3.8, 4) is 0 Å². The van der Waals surface area contributed by atoms with Gasteiger partial charge in [-0.05, 0) is 5.92 Å². The van der Waals surface area contributed by atoms with E-state index in [0.717, 1.165) is 0 Å². The standard InChI is InChI=1S/C6H8.C3H9O3P.2CO.Fe/c1-6-4-2-3-5-6;1-4-7(5-2)6-3;2*1-2;/h2-6H,1H3;1-3H3;;;. The Bertz CT molecular complexity index is 213. The zero-order chi connectivity index (χ0) is 14.1. The minimum Gasteiger partial charge on any atom is 0 e. The van der Waals surface area contributed by atoms with Gasteiger partial charge in [0.2, 0.25) is 0 Å². The Morgan fingerprint density at radius 2 is 1.17 bits per heavy atom. The van der Waals surface area contributed by atoms with Gasteiger partial charge in [-0.3, -0.25) is 0 Å². The summed E-state index contributed by atoms with van der Waals surface area (Å²) in [4.78, 5) is 0. The Kier molecular flexibility index (Phi) is 37.5. The fraction of sp³-hybridized carbons (Fsp3) is 0.455. The first kappa shape index (κ1) is 26.4. The molecule has 0 bridgehead atoms. The van der Waals surface area contributed by atoms with Crippen LogP contribution in [0.3, 0.4) is 0 Å². The number of hydrogen-bond donors (Lipinski definition) is 0. The van der Waals surface area contributed by atoms with Crippen LogP contribution in [-0.2, 0) is 39.9 Å². The first-order valence-electron chi connectivity index (χ1n) is 4.42. The maximum atomic E-state index is 7.50. The average Bonchev–Trinajstić information content (AvgIpc) is 2.88. The van der Waals surface area contributed by atoms with Crippen LogP contribution in [0.4, 0.5) is 0 Å². The molecule has 0 amide bonds. The normalized spacial score (nSPS) is 10.9. The molecule has 104 valence electrons. The van der Waals surface area contributed by atoms with Crippen molar-refractivity contribution in [2.75, 3.05) is 21.3 Å². The maximum Gasteiger partial charge on any atom is 0 e. The van der Waals surface area contributed by atoms with Crippen molar-refractivity contribution in [3.05, 3.63) is 37.6 Å². The molecule has 0 aromatic carbocycles. The maximum absolute atomic E-state index is 7.50. The van der Waals surface area contributed by atoms with Crippen molar-refractivity contribution >= 4 is 8.60 Å². The van der Waals surface area contributed by atoms with Crippen molar-refractivity contribution in [2.45, 2.75) is 6.92 Å². The van der Waals surface area contributed by atoms with Crippen LogP contribution in [0.1, 0.15) is 6.92 Å². The van der Waals surface area contributed by atoms with Gasteiger partial charge in [0.25, 0.3) is 0 Å². The van der Waals surface area contributed by atoms with Crippen molar-refractivity contribution in [2.24, 2.45) is 5.92 Å². The van der Waals surface area contributed by atoms with E-state index in [1.165, 1.54) is 0 Å². The predicted molar refractivity (Wildman–Crippen MR) is 63.3 cm³/mol. The molecule has 0 saturated carbocycles. The quantitative estimate of drug-likeness (QED) is 0.348. The van der Waals surface area contributed by atoms with E-state index in [1.807, 2.05) is 0 Å². The molecule has 0 N–H and O–H groups in total. The van der Waals surface area contributed by atoms with Crippen LogP contribution in [-0.4, -0.2) is 21.3 Å². The summed E-state index contributed by atoms with van der Waals surface area (Å²) in [7, 11) is 3.57. The van der Waals surface area contributed by atoms with E-state index in [4.69, 9.17) is 9.30 Å². The molecule has 0 unspecified atom stereocenters. The Labute approximate surface area is 120 Å². The first-order valence-corrected chi connectivity index (χ1v) is 5.52.